The van der Waals surface area contributed by atoms with E-state index in [0.717, 1.165) is 25.5 Å². The fourth-order valence-electron chi connectivity index (χ4n) is 1.92. The third kappa shape index (κ3) is 2.44. The lowest BCUT2D eigenvalue weighted by Gasteiger charge is -2.40. The van der Waals surface area contributed by atoms with Crippen LogP contribution in [-0.2, 0) is 4.74 Å². The Hall–Kier alpha value is -1.49. The second-order valence-corrected chi connectivity index (χ2v) is 4.28. The van der Waals surface area contributed by atoms with Crippen LogP contribution >= 0.6 is 0 Å². The van der Waals surface area contributed by atoms with E-state index in [0.29, 0.717) is 6.54 Å². The quantitative estimate of drug-likeness (QED) is 0.865. The number of hydrogen-bond acceptors (Lipinski definition) is 3. The molecule has 1 aromatic heterocycles. The number of rotatable bonds is 4. The van der Waals surface area contributed by atoms with Crippen molar-refractivity contribution in [1.29, 1.82) is 0 Å². The third-order valence-corrected chi connectivity index (χ3v) is 3.29. The van der Waals surface area contributed by atoms with Gasteiger partial charge in [0, 0.05) is 19.9 Å². The second kappa shape index (κ2) is 4.79. The minimum Gasteiger partial charge on any atom is -0.376 e. The minimum atomic E-state index is -0.606. The van der Waals surface area contributed by atoms with Gasteiger partial charge in [0.1, 0.15) is 0 Å². The van der Waals surface area contributed by atoms with E-state index < -0.39 is 11.7 Å². The number of halogens is 1. The van der Waals surface area contributed by atoms with Gasteiger partial charge >= 0.3 is 0 Å². The summed E-state index contributed by atoms with van der Waals surface area (Å²) in [6, 6.07) is 1.37. The van der Waals surface area contributed by atoms with Gasteiger partial charge < -0.3 is 10.1 Å². The summed E-state index contributed by atoms with van der Waals surface area (Å²) in [6.07, 6.45) is 5.40. The molecule has 0 spiro atoms. The number of methoxy groups -OCH3 is 1. The van der Waals surface area contributed by atoms with Crippen molar-refractivity contribution in [1.82, 2.24) is 10.3 Å². The van der Waals surface area contributed by atoms with Crippen LogP contribution in [0.25, 0.3) is 0 Å². The molecule has 0 aromatic carbocycles. The molecule has 1 heterocycles. The van der Waals surface area contributed by atoms with Gasteiger partial charge in [-0.15, -0.1) is 0 Å². The Morgan fingerprint density at radius 2 is 2.41 bits per heavy atom. The molecule has 0 radical (unpaired) electrons. The van der Waals surface area contributed by atoms with Gasteiger partial charge in [-0.25, -0.2) is 4.39 Å². The zero-order chi connectivity index (χ0) is 12.3. The summed E-state index contributed by atoms with van der Waals surface area (Å²) in [5.41, 5.74) is -0.232. The molecule has 1 aliphatic rings. The first kappa shape index (κ1) is 12.0. The average Bonchev–Trinajstić information content (AvgIpc) is 2.28. The number of nitrogens with one attached hydrogen (secondary N) is 1. The zero-order valence-corrected chi connectivity index (χ0v) is 9.70. The largest absolute Gasteiger partial charge is 0.376 e. The van der Waals surface area contributed by atoms with E-state index >= 15 is 0 Å². The zero-order valence-electron chi connectivity index (χ0n) is 9.70. The maximum atomic E-state index is 13.3. The fraction of sp³-hybridized carbons (Fsp3) is 0.500. The van der Waals surface area contributed by atoms with Crippen LogP contribution in [0.2, 0.25) is 0 Å². The standard InChI is InChI=1S/C12H15FN2O2/c1-17-12(4-2-5-12)8-15-11(16)9-3-6-14-7-10(9)13/h3,6-7H,2,4-5,8H2,1H3,(H,15,16). The van der Waals surface area contributed by atoms with Crippen molar-refractivity contribution >= 4 is 5.91 Å². The average molecular weight is 238 g/mol. The van der Waals surface area contributed by atoms with Crippen LogP contribution in [0.4, 0.5) is 4.39 Å². The molecule has 17 heavy (non-hydrogen) atoms. The molecule has 1 aliphatic carbocycles. The van der Waals surface area contributed by atoms with Gasteiger partial charge in [-0.2, -0.15) is 0 Å². The van der Waals surface area contributed by atoms with E-state index in [-0.39, 0.29) is 11.2 Å². The molecule has 92 valence electrons. The number of amides is 1. The predicted octanol–water partition coefficient (Wildman–Crippen LogP) is 1.52. The van der Waals surface area contributed by atoms with Crippen molar-refractivity contribution in [3.63, 3.8) is 0 Å². The van der Waals surface area contributed by atoms with Crippen LogP contribution in [0.15, 0.2) is 18.5 Å². The van der Waals surface area contributed by atoms with Gasteiger partial charge in [0.2, 0.25) is 0 Å². The van der Waals surface area contributed by atoms with Crippen molar-refractivity contribution in [2.24, 2.45) is 0 Å². The molecule has 0 saturated heterocycles. The number of nitrogens with zero attached hydrogens (tertiary/aromatic N) is 1. The molecule has 5 heteroatoms. The van der Waals surface area contributed by atoms with Crippen LogP contribution in [0.5, 0.6) is 0 Å². The summed E-state index contributed by atoms with van der Waals surface area (Å²) >= 11 is 0. The highest BCUT2D eigenvalue weighted by Crippen LogP contribution is 2.34. The second-order valence-electron chi connectivity index (χ2n) is 4.28. The van der Waals surface area contributed by atoms with Gasteiger partial charge in [0.05, 0.1) is 17.4 Å². The van der Waals surface area contributed by atoms with E-state index in [1.54, 1.807) is 7.11 Å². The van der Waals surface area contributed by atoms with Crippen molar-refractivity contribution in [3.05, 3.63) is 29.8 Å². The van der Waals surface area contributed by atoms with Crippen LogP contribution in [-0.4, -0.2) is 30.1 Å². The smallest absolute Gasteiger partial charge is 0.254 e. The molecule has 1 N–H and O–H groups in total. The lowest BCUT2D eigenvalue weighted by atomic mass is 9.80. The maximum absolute atomic E-state index is 13.3. The summed E-state index contributed by atoms with van der Waals surface area (Å²) in [4.78, 5) is 15.3. The molecule has 1 aromatic rings. The van der Waals surface area contributed by atoms with E-state index in [2.05, 4.69) is 10.3 Å². The highest BCUT2D eigenvalue weighted by Gasteiger charge is 2.37. The molecule has 0 aliphatic heterocycles. The van der Waals surface area contributed by atoms with Gasteiger partial charge in [0.25, 0.3) is 5.91 Å². The molecule has 1 fully saturated rings. The highest BCUT2D eigenvalue weighted by molar-refractivity contribution is 5.94. The van der Waals surface area contributed by atoms with Crippen molar-refractivity contribution in [3.8, 4) is 0 Å². The van der Waals surface area contributed by atoms with Crippen LogP contribution in [0.1, 0.15) is 29.6 Å². The minimum absolute atomic E-state index is 0.0191. The van der Waals surface area contributed by atoms with Crippen LogP contribution in [0.3, 0.4) is 0 Å². The highest BCUT2D eigenvalue weighted by atomic mass is 19.1. The van der Waals surface area contributed by atoms with Gasteiger partial charge in [-0.05, 0) is 25.3 Å². The number of carbonyl (C=O) groups is 1. The first-order valence-electron chi connectivity index (χ1n) is 5.60. The summed E-state index contributed by atoms with van der Waals surface area (Å²) in [5, 5.41) is 2.70. The fourth-order valence-corrected chi connectivity index (χ4v) is 1.92. The topological polar surface area (TPSA) is 51.2 Å². The summed E-state index contributed by atoms with van der Waals surface area (Å²) in [6.45, 7) is 0.421. The summed E-state index contributed by atoms with van der Waals surface area (Å²) in [7, 11) is 1.64. The van der Waals surface area contributed by atoms with Crippen molar-refractivity contribution in [2.45, 2.75) is 24.9 Å². The molecule has 0 unspecified atom stereocenters. The normalized spacial score (nSPS) is 17.3. The Morgan fingerprint density at radius 3 is 2.94 bits per heavy atom. The van der Waals surface area contributed by atoms with Crippen LogP contribution < -0.4 is 5.32 Å². The number of hydrogen-bond donors (Lipinski definition) is 1. The molecular weight excluding hydrogens is 223 g/mol. The molecule has 0 bridgehead atoms. The number of ether oxygens (including phenoxy) is 1. The lowest BCUT2D eigenvalue weighted by molar-refractivity contribution is -0.0679. The van der Waals surface area contributed by atoms with Gasteiger partial charge in [-0.3, -0.25) is 9.78 Å². The van der Waals surface area contributed by atoms with E-state index in [1.165, 1.54) is 12.3 Å². The number of aromatic nitrogens is 1. The van der Waals surface area contributed by atoms with E-state index in [1.807, 2.05) is 0 Å². The lowest BCUT2D eigenvalue weighted by Crippen LogP contribution is -2.49. The molecular formula is C12H15FN2O2. The Morgan fingerprint density at radius 1 is 1.65 bits per heavy atom. The molecule has 2 rings (SSSR count). The van der Waals surface area contributed by atoms with Gasteiger partial charge in [0.15, 0.2) is 5.82 Å². The molecule has 1 saturated carbocycles. The van der Waals surface area contributed by atoms with Crippen molar-refractivity contribution in [2.75, 3.05) is 13.7 Å². The molecule has 4 nitrogen and oxygen atoms in total. The number of carbonyl (C=O) groups excluding carboxylic acids is 1. The van der Waals surface area contributed by atoms with Crippen molar-refractivity contribution < 1.29 is 13.9 Å². The maximum Gasteiger partial charge on any atom is 0.254 e. The van der Waals surface area contributed by atoms with E-state index in [9.17, 15) is 9.18 Å². The third-order valence-electron chi connectivity index (χ3n) is 3.29. The summed E-state index contributed by atoms with van der Waals surface area (Å²) in [5.74, 6) is -1.03. The Labute approximate surface area is 99.2 Å². The first-order chi connectivity index (χ1) is 8.17. The molecule has 1 amide bonds. The Bertz CT molecular complexity index is 413. The molecule has 0 atom stereocenters. The SMILES string of the molecule is COC1(CNC(=O)c2ccncc2F)CCC1. The Kier molecular flexibility index (Phi) is 3.38. The van der Waals surface area contributed by atoms with E-state index in [4.69, 9.17) is 4.74 Å². The first-order valence-corrected chi connectivity index (χ1v) is 5.60. The predicted molar refractivity (Wildman–Crippen MR) is 60.1 cm³/mol. The Balaban J connectivity index is 1.96. The van der Waals surface area contributed by atoms with Gasteiger partial charge in [-0.1, -0.05) is 0 Å². The monoisotopic (exact) mass is 238 g/mol. The number of pyridine rings is 1. The summed E-state index contributed by atoms with van der Waals surface area (Å²) < 4.78 is 18.7. The van der Waals surface area contributed by atoms with Crippen LogP contribution in [0, 0.1) is 5.82 Å².